The second kappa shape index (κ2) is 40.6. The molecule has 0 aliphatic rings. The van der Waals surface area contributed by atoms with E-state index in [0.29, 0.717) is 12.8 Å². The molecular weight excluding hydrogens is 673 g/mol. The molecule has 0 spiro atoms. The zero-order valence-electron chi connectivity index (χ0n) is 34.4. The first-order chi connectivity index (χ1) is 24.9. The van der Waals surface area contributed by atoms with Gasteiger partial charge in [0.2, 0.25) is 0 Å². The van der Waals surface area contributed by atoms with E-state index in [4.69, 9.17) is 18.3 Å². The van der Waals surface area contributed by atoms with Crippen molar-refractivity contribution in [3.8, 4) is 0 Å². The van der Waals surface area contributed by atoms with Crippen molar-refractivity contribution in [1.29, 1.82) is 0 Å². The molecule has 0 aliphatic heterocycles. The van der Waals surface area contributed by atoms with Gasteiger partial charge in [0.15, 0.2) is 0 Å². The number of rotatable bonds is 41. The van der Waals surface area contributed by atoms with Gasteiger partial charge in [-0.25, -0.2) is 9.46 Å². The first kappa shape index (κ1) is 50.4. The maximum Gasteiger partial charge on any atom is 0.647 e. The van der Waals surface area contributed by atoms with Gasteiger partial charge in [-0.3, -0.25) is 9.59 Å². The lowest BCUT2D eigenvalue weighted by atomic mass is 10.0. The minimum atomic E-state index is -3.12. The van der Waals surface area contributed by atoms with Gasteiger partial charge in [0.1, 0.15) is 6.10 Å². The first-order valence-corrected chi connectivity index (χ1v) is 24.3. The number of thiol groups is 1. The van der Waals surface area contributed by atoms with Crippen LogP contribution in [0.5, 0.6) is 0 Å². The van der Waals surface area contributed by atoms with Crippen LogP contribution in [0, 0.1) is 0 Å². The maximum atomic E-state index is 12.7. The van der Waals surface area contributed by atoms with E-state index in [1.165, 1.54) is 154 Å². The Morgan fingerprint density at radius 2 is 0.725 bits per heavy atom. The lowest BCUT2D eigenvalue weighted by molar-refractivity contribution is -0.267. The SMILES string of the molecule is CCCCCCCCCCCCCCCCCC(=O)O[SiH](OOC(C)C(S)CCCC)OC(=O)CCCCCCCCCCCCCCCCC. The van der Waals surface area contributed by atoms with Crippen molar-refractivity contribution >= 4 is 34.1 Å². The maximum absolute atomic E-state index is 12.7. The third-order valence-corrected chi connectivity index (χ3v) is 12.0. The molecule has 0 aromatic rings. The van der Waals surface area contributed by atoms with Crippen molar-refractivity contribution < 1.29 is 27.9 Å². The molecule has 2 atom stereocenters. The van der Waals surface area contributed by atoms with Crippen LogP contribution < -0.4 is 0 Å². The van der Waals surface area contributed by atoms with Crippen molar-refractivity contribution in [3.63, 3.8) is 0 Å². The fourth-order valence-electron chi connectivity index (χ4n) is 6.52. The lowest BCUT2D eigenvalue weighted by Gasteiger charge is -2.21. The van der Waals surface area contributed by atoms with Gasteiger partial charge >= 0.3 is 9.53 Å². The molecule has 2 unspecified atom stereocenters. The van der Waals surface area contributed by atoms with Crippen LogP contribution in [-0.2, 0) is 27.9 Å². The highest BCUT2D eigenvalue weighted by Crippen LogP contribution is 2.18. The highest BCUT2D eigenvalue weighted by Gasteiger charge is 2.28. The van der Waals surface area contributed by atoms with Crippen molar-refractivity contribution in [1.82, 2.24) is 0 Å². The molecule has 0 rings (SSSR count). The molecule has 6 nitrogen and oxygen atoms in total. The number of hydrogen-bond acceptors (Lipinski definition) is 7. The number of carbonyl (C=O) groups excluding carboxylic acids is 2. The predicted octanol–water partition coefficient (Wildman–Crippen LogP) is 14.1. The van der Waals surface area contributed by atoms with E-state index in [1.807, 2.05) is 6.92 Å². The van der Waals surface area contributed by atoms with E-state index in [2.05, 4.69) is 33.4 Å². The van der Waals surface area contributed by atoms with Crippen LogP contribution in [0.2, 0.25) is 0 Å². The normalized spacial score (nSPS) is 12.7. The Kier molecular flexibility index (Phi) is 40.2. The predicted molar refractivity (Wildman–Crippen MR) is 222 cm³/mol. The molecule has 0 radical (unpaired) electrons. The summed E-state index contributed by atoms with van der Waals surface area (Å²) in [5, 5.41) is -0.00774. The van der Waals surface area contributed by atoms with Gasteiger partial charge in [0, 0.05) is 18.1 Å². The van der Waals surface area contributed by atoms with Gasteiger partial charge in [0.05, 0.1) is 0 Å². The lowest BCUT2D eigenvalue weighted by Crippen LogP contribution is -2.35. The molecule has 0 N–H and O–H groups in total. The molecule has 0 saturated heterocycles. The molecule has 0 aliphatic carbocycles. The quantitative estimate of drug-likeness (QED) is 0.0220. The Morgan fingerprint density at radius 1 is 0.451 bits per heavy atom. The summed E-state index contributed by atoms with van der Waals surface area (Å²) in [6.45, 7) is 8.57. The van der Waals surface area contributed by atoms with Gasteiger partial charge < -0.3 is 8.85 Å². The Balaban J connectivity index is 4.17. The summed E-state index contributed by atoms with van der Waals surface area (Å²) in [4.78, 5) is 30.9. The minimum absolute atomic E-state index is 0.00774. The zero-order valence-corrected chi connectivity index (χ0v) is 36.4. The number of hydrogen-bond donors (Lipinski definition) is 1. The number of unbranched alkanes of at least 4 members (excludes halogenated alkanes) is 29. The van der Waals surface area contributed by atoms with E-state index in [0.717, 1.165) is 57.8 Å². The van der Waals surface area contributed by atoms with Crippen LogP contribution in [0.4, 0.5) is 0 Å². The van der Waals surface area contributed by atoms with E-state index in [-0.39, 0.29) is 23.3 Å². The summed E-state index contributed by atoms with van der Waals surface area (Å²) in [6.07, 6.45) is 41.6. The highest BCUT2D eigenvalue weighted by atomic mass is 32.1. The van der Waals surface area contributed by atoms with E-state index < -0.39 is 9.53 Å². The Labute approximate surface area is 324 Å². The summed E-state index contributed by atoms with van der Waals surface area (Å²) in [5.41, 5.74) is 0. The molecule has 0 bridgehead atoms. The first-order valence-electron chi connectivity index (χ1n) is 22.3. The molecule has 0 fully saturated rings. The average molecular weight is 759 g/mol. The molecule has 51 heavy (non-hydrogen) atoms. The third kappa shape index (κ3) is 37.5. The van der Waals surface area contributed by atoms with Crippen molar-refractivity contribution in [2.75, 3.05) is 0 Å². The molecular formula is C43H86O6SSi. The zero-order chi connectivity index (χ0) is 37.5. The molecule has 0 heterocycles. The monoisotopic (exact) mass is 759 g/mol. The van der Waals surface area contributed by atoms with Crippen LogP contribution >= 0.6 is 12.6 Å². The van der Waals surface area contributed by atoms with Crippen LogP contribution in [0.1, 0.15) is 252 Å². The van der Waals surface area contributed by atoms with Crippen LogP contribution in [0.3, 0.4) is 0 Å². The van der Waals surface area contributed by atoms with Crippen LogP contribution in [0.25, 0.3) is 0 Å². The minimum Gasteiger partial charge on any atom is -0.465 e. The topological polar surface area (TPSA) is 71.1 Å². The van der Waals surface area contributed by atoms with E-state index in [9.17, 15) is 9.59 Å². The standard InChI is InChI=1S/C43H86O6SSi/c1-5-8-11-13-15-17-19-21-23-25-27-29-31-33-35-38-42(44)47-51(49-46-40(4)41(50)37-10-7-3)48-43(45)39-36-34-32-30-28-26-24-22-20-18-16-14-12-9-6-2/h40-41,50-51H,5-39H2,1-4H3. The van der Waals surface area contributed by atoms with E-state index in [1.54, 1.807) is 0 Å². The van der Waals surface area contributed by atoms with Crippen molar-refractivity contribution in [2.24, 2.45) is 0 Å². The molecule has 304 valence electrons. The average Bonchev–Trinajstić information content (AvgIpc) is 3.12. The van der Waals surface area contributed by atoms with Gasteiger partial charge in [-0.15, -0.1) is 0 Å². The van der Waals surface area contributed by atoms with Gasteiger partial charge in [-0.1, -0.05) is 213 Å². The smallest absolute Gasteiger partial charge is 0.465 e. The molecule has 0 saturated carbocycles. The van der Waals surface area contributed by atoms with Crippen molar-refractivity contribution in [2.45, 2.75) is 264 Å². The van der Waals surface area contributed by atoms with Gasteiger partial charge in [0.25, 0.3) is 11.9 Å². The van der Waals surface area contributed by atoms with E-state index >= 15 is 0 Å². The largest absolute Gasteiger partial charge is 0.647 e. The molecule has 8 heteroatoms. The summed E-state index contributed by atoms with van der Waals surface area (Å²) in [6, 6.07) is 0. The summed E-state index contributed by atoms with van der Waals surface area (Å²) < 4.78 is 16.6. The van der Waals surface area contributed by atoms with Crippen molar-refractivity contribution in [3.05, 3.63) is 0 Å². The Morgan fingerprint density at radius 3 is 1.02 bits per heavy atom. The number of carbonyl (C=O) groups is 2. The highest BCUT2D eigenvalue weighted by molar-refractivity contribution is 7.81. The molecule has 0 aromatic heterocycles. The van der Waals surface area contributed by atoms with Crippen LogP contribution in [-0.4, -0.2) is 32.8 Å². The third-order valence-electron chi connectivity index (χ3n) is 10.1. The van der Waals surface area contributed by atoms with Gasteiger partial charge in [-0.05, 0) is 26.2 Å². The van der Waals surface area contributed by atoms with Gasteiger partial charge in [-0.2, -0.15) is 12.6 Å². The molecule has 0 amide bonds. The summed E-state index contributed by atoms with van der Waals surface area (Å²) in [7, 11) is -3.12. The second-order valence-electron chi connectivity index (χ2n) is 15.3. The summed E-state index contributed by atoms with van der Waals surface area (Å²) in [5.74, 6) is -0.739. The second-order valence-corrected chi connectivity index (χ2v) is 17.2. The fraction of sp³-hybridized carbons (Fsp3) is 0.953. The fourth-order valence-corrected chi connectivity index (χ4v) is 7.81. The Hall–Kier alpha value is -0.573. The summed E-state index contributed by atoms with van der Waals surface area (Å²) >= 11 is 4.63. The Bertz CT molecular complexity index is 693. The molecule has 0 aromatic carbocycles. The van der Waals surface area contributed by atoms with Crippen LogP contribution in [0.15, 0.2) is 0 Å².